The Balaban J connectivity index is 2.38. The molecule has 0 aliphatic carbocycles. The van der Waals surface area contributed by atoms with E-state index < -0.39 is 11.3 Å². The van der Waals surface area contributed by atoms with Crippen molar-refractivity contribution in [3.8, 4) is 0 Å². The molecule has 5 heteroatoms. The molecule has 0 atom stereocenters. The van der Waals surface area contributed by atoms with E-state index in [1.807, 2.05) is 25.1 Å². The Hall–Kier alpha value is -1.46. The molecule has 1 aliphatic rings. The molecule has 0 spiro atoms. The quantitative estimate of drug-likeness (QED) is 0.597. The molecular formula is C13H17NO4. The zero-order valence-electron chi connectivity index (χ0n) is 10.8. The van der Waals surface area contributed by atoms with Crippen LogP contribution in [0.4, 0.5) is 0 Å². The van der Waals surface area contributed by atoms with E-state index in [4.69, 9.17) is 9.47 Å². The summed E-state index contributed by atoms with van der Waals surface area (Å²) in [5, 5.41) is 11.4. The summed E-state index contributed by atoms with van der Waals surface area (Å²) in [5.74, 6) is -0.761. The molecule has 1 fully saturated rings. The normalized spacial score (nSPS) is 21.5. The Morgan fingerprint density at radius 3 is 2.39 bits per heavy atom. The predicted octanol–water partition coefficient (Wildman–Crippen LogP) is 2.25. The number of rotatable bonds is 2. The SMILES string of the molecule is Cc1cccc(C2([N+](=O)[O-])COC(C)(C)OC2)c1. The van der Waals surface area contributed by atoms with Crippen LogP contribution in [-0.4, -0.2) is 23.9 Å². The van der Waals surface area contributed by atoms with Crippen LogP contribution >= 0.6 is 0 Å². The molecule has 98 valence electrons. The number of ether oxygens (including phenoxy) is 2. The monoisotopic (exact) mass is 251 g/mol. The van der Waals surface area contributed by atoms with Crippen LogP contribution in [0.15, 0.2) is 24.3 Å². The zero-order valence-corrected chi connectivity index (χ0v) is 10.8. The van der Waals surface area contributed by atoms with Gasteiger partial charge < -0.3 is 9.47 Å². The largest absolute Gasteiger partial charge is 0.343 e. The number of aryl methyl sites for hydroxylation is 1. The molecule has 2 rings (SSSR count). The van der Waals surface area contributed by atoms with Crippen LogP contribution in [-0.2, 0) is 15.0 Å². The van der Waals surface area contributed by atoms with E-state index in [9.17, 15) is 10.1 Å². The molecule has 1 saturated heterocycles. The fourth-order valence-corrected chi connectivity index (χ4v) is 1.98. The Kier molecular flexibility index (Phi) is 3.12. The molecule has 0 bridgehead atoms. The molecule has 1 aromatic rings. The van der Waals surface area contributed by atoms with Crippen molar-refractivity contribution in [3.05, 3.63) is 45.5 Å². The topological polar surface area (TPSA) is 61.6 Å². The Labute approximate surface area is 106 Å². The van der Waals surface area contributed by atoms with Gasteiger partial charge in [-0.05, 0) is 26.8 Å². The Bertz CT molecular complexity index is 460. The van der Waals surface area contributed by atoms with Crippen molar-refractivity contribution in [2.24, 2.45) is 0 Å². The third kappa shape index (κ3) is 2.23. The number of nitro groups is 1. The minimum atomic E-state index is -1.30. The fraction of sp³-hybridized carbons (Fsp3) is 0.538. The molecule has 1 aromatic carbocycles. The number of hydrogen-bond donors (Lipinski definition) is 0. The first-order valence-corrected chi connectivity index (χ1v) is 5.85. The van der Waals surface area contributed by atoms with Crippen molar-refractivity contribution in [1.29, 1.82) is 0 Å². The van der Waals surface area contributed by atoms with Gasteiger partial charge in [0.05, 0.1) is 0 Å². The summed E-state index contributed by atoms with van der Waals surface area (Å²) in [6.07, 6.45) is 0. The highest BCUT2D eigenvalue weighted by molar-refractivity contribution is 5.28. The molecule has 0 amide bonds. The van der Waals surface area contributed by atoms with Gasteiger partial charge in [0.2, 0.25) is 0 Å². The van der Waals surface area contributed by atoms with Gasteiger partial charge in [0, 0.05) is 10.5 Å². The van der Waals surface area contributed by atoms with Gasteiger partial charge in [-0.3, -0.25) is 10.1 Å². The molecule has 1 aliphatic heterocycles. The van der Waals surface area contributed by atoms with E-state index in [0.717, 1.165) is 5.56 Å². The highest BCUT2D eigenvalue weighted by Crippen LogP contribution is 2.34. The van der Waals surface area contributed by atoms with E-state index in [2.05, 4.69) is 0 Å². The number of nitrogens with zero attached hydrogens (tertiary/aromatic N) is 1. The van der Waals surface area contributed by atoms with Crippen molar-refractivity contribution in [3.63, 3.8) is 0 Å². The summed E-state index contributed by atoms with van der Waals surface area (Å²) < 4.78 is 10.9. The fourth-order valence-electron chi connectivity index (χ4n) is 1.98. The second kappa shape index (κ2) is 4.33. The third-order valence-corrected chi connectivity index (χ3v) is 3.22. The van der Waals surface area contributed by atoms with Crippen LogP contribution in [0, 0.1) is 17.0 Å². The van der Waals surface area contributed by atoms with Crippen LogP contribution in [0.5, 0.6) is 0 Å². The Morgan fingerprint density at radius 2 is 1.89 bits per heavy atom. The van der Waals surface area contributed by atoms with E-state index in [0.29, 0.717) is 5.56 Å². The lowest BCUT2D eigenvalue weighted by Gasteiger charge is -2.38. The molecule has 1 heterocycles. The predicted molar refractivity (Wildman–Crippen MR) is 65.8 cm³/mol. The van der Waals surface area contributed by atoms with Gasteiger partial charge in [-0.2, -0.15) is 0 Å². The van der Waals surface area contributed by atoms with Crippen molar-refractivity contribution in [2.75, 3.05) is 13.2 Å². The standard InChI is InChI=1S/C13H17NO4/c1-10-5-4-6-11(7-10)13(14(15)16)8-17-12(2,3)18-9-13/h4-7H,8-9H2,1-3H3. The van der Waals surface area contributed by atoms with Crippen LogP contribution in [0.25, 0.3) is 0 Å². The van der Waals surface area contributed by atoms with Crippen LogP contribution in [0.3, 0.4) is 0 Å². The van der Waals surface area contributed by atoms with E-state index in [1.54, 1.807) is 19.9 Å². The van der Waals surface area contributed by atoms with E-state index in [-0.39, 0.29) is 18.1 Å². The number of benzene rings is 1. The van der Waals surface area contributed by atoms with E-state index in [1.165, 1.54) is 0 Å². The highest BCUT2D eigenvalue weighted by atomic mass is 16.7. The van der Waals surface area contributed by atoms with Gasteiger partial charge in [0.1, 0.15) is 13.2 Å². The summed E-state index contributed by atoms with van der Waals surface area (Å²) in [7, 11) is 0. The van der Waals surface area contributed by atoms with Gasteiger partial charge in [0.15, 0.2) is 5.79 Å². The minimum Gasteiger partial charge on any atom is -0.343 e. The average Bonchev–Trinajstić information content (AvgIpc) is 2.29. The first kappa shape index (κ1) is 13.0. The maximum atomic E-state index is 11.4. The average molecular weight is 251 g/mol. The molecule has 0 aromatic heterocycles. The molecule has 0 unspecified atom stereocenters. The first-order chi connectivity index (χ1) is 8.36. The Morgan fingerprint density at radius 1 is 1.28 bits per heavy atom. The second-order valence-electron chi connectivity index (χ2n) is 5.14. The summed E-state index contributed by atoms with van der Waals surface area (Å²) in [6, 6.07) is 7.29. The van der Waals surface area contributed by atoms with Crippen molar-refractivity contribution < 1.29 is 14.4 Å². The lowest BCUT2D eigenvalue weighted by Crippen LogP contribution is -2.53. The number of hydrogen-bond acceptors (Lipinski definition) is 4. The molecule has 0 radical (unpaired) electrons. The van der Waals surface area contributed by atoms with Crippen molar-refractivity contribution in [1.82, 2.24) is 0 Å². The van der Waals surface area contributed by atoms with Gasteiger partial charge in [-0.25, -0.2) is 0 Å². The van der Waals surface area contributed by atoms with Crippen molar-refractivity contribution in [2.45, 2.75) is 32.1 Å². The zero-order chi connectivity index (χ0) is 13.4. The summed E-state index contributed by atoms with van der Waals surface area (Å²) >= 11 is 0. The summed E-state index contributed by atoms with van der Waals surface area (Å²) in [5.41, 5.74) is 0.309. The first-order valence-electron chi connectivity index (χ1n) is 5.85. The van der Waals surface area contributed by atoms with Gasteiger partial charge in [-0.1, -0.05) is 23.8 Å². The summed E-state index contributed by atoms with van der Waals surface area (Å²) in [4.78, 5) is 11.1. The van der Waals surface area contributed by atoms with Gasteiger partial charge in [-0.15, -0.1) is 0 Å². The van der Waals surface area contributed by atoms with Crippen molar-refractivity contribution >= 4 is 0 Å². The van der Waals surface area contributed by atoms with Crippen LogP contribution in [0.2, 0.25) is 0 Å². The molecule has 0 N–H and O–H groups in total. The lowest BCUT2D eigenvalue weighted by molar-refractivity contribution is -0.605. The minimum absolute atomic E-state index is 0.0243. The molecule has 0 saturated carbocycles. The molecule has 5 nitrogen and oxygen atoms in total. The van der Waals surface area contributed by atoms with Crippen LogP contribution < -0.4 is 0 Å². The molecular weight excluding hydrogens is 234 g/mol. The summed E-state index contributed by atoms with van der Waals surface area (Å²) in [6.45, 7) is 5.47. The maximum Gasteiger partial charge on any atom is 0.292 e. The lowest BCUT2D eigenvalue weighted by atomic mass is 9.90. The highest BCUT2D eigenvalue weighted by Gasteiger charge is 2.51. The third-order valence-electron chi connectivity index (χ3n) is 3.22. The van der Waals surface area contributed by atoms with Gasteiger partial charge >= 0.3 is 0 Å². The van der Waals surface area contributed by atoms with E-state index >= 15 is 0 Å². The van der Waals surface area contributed by atoms with Gasteiger partial charge in [0.25, 0.3) is 5.54 Å². The smallest absolute Gasteiger partial charge is 0.292 e. The molecule has 18 heavy (non-hydrogen) atoms. The second-order valence-corrected chi connectivity index (χ2v) is 5.14. The maximum absolute atomic E-state index is 11.4. The van der Waals surface area contributed by atoms with Crippen LogP contribution in [0.1, 0.15) is 25.0 Å².